The summed E-state index contributed by atoms with van der Waals surface area (Å²) in [5.74, 6) is -0.113. The molecule has 0 radical (unpaired) electrons. The van der Waals surface area contributed by atoms with Gasteiger partial charge in [0, 0.05) is 24.7 Å². The second-order valence-corrected chi connectivity index (χ2v) is 6.64. The summed E-state index contributed by atoms with van der Waals surface area (Å²) in [4.78, 5) is 26.4. The number of hydrogen-bond acceptors (Lipinski definition) is 2. The minimum atomic E-state index is -0.137. The molecular formula is C22H24N2O2. The van der Waals surface area contributed by atoms with Gasteiger partial charge in [-0.25, -0.2) is 0 Å². The third kappa shape index (κ3) is 4.02. The van der Waals surface area contributed by atoms with Gasteiger partial charge in [-0.2, -0.15) is 0 Å². The molecule has 2 amide bonds. The van der Waals surface area contributed by atoms with Crippen LogP contribution in [0, 0.1) is 6.92 Å². The Hall–Kier alpha value is -2.88. The number of carbonyl (C=O) groups is 2. The molecule has 0 bridgehead atoms. The quantitative estimate of drug-likeness (QED) is 0.897. The van der Waals surface area contributed by atoms with Crippen molar-refractivity contribution in [1.29, 1.82) is 0 Å². The molecule has 1 heterocycles. The zero-order valence-electron chi connectivity index (χ0n) is 15.2. The van der Waals surface area contributed by atoms with E-state index in [1.807, 2.05) is 48.2 Å². The maximum atomic E-state index is 13.1. The average Bonchev–Trinajstić information content (AvgIpc) is 3.10. The molecular weight excluding hydrogens is 324 g/mol. The third-order valence-corrected chi connectivity index (χ3v) is 4.75. The van der Waals surface area contributed by atoms with E-state index in [1.54, 1.807) is 0 Å². The first-order valence-corrected chi connectivity index (χ1v) is 8.97. The second-order valence-electron chi connectivity index (χ2n) is 6.64. The Morgan fingerprint density at radius 3 is 2.62 bits per heavy atom. The molecule has 0 saturated carbocycles. The highest BCUT2D eigenvalue weighted by molar-refractivity contribution is 5.99. The van der Waals surface area contributed by atoms with Crippen molar-refractivity contribution >= 4 is 23.6 Å². The van der Waals surface area contributed by atoms with Gasteiger partial charge in [0.25, 0.3) is 5.91 Å². The Morgan fingerprint density at radius 2 is 1.88 bits per heavy atom. The summed E-state index contributed by atoms with van der Waals surface area (Å²) in [5.41, 5.74) is 3.29. The highest BCUT2D eigenvalue weighted by atomic mass is 16.2. The molecule has 2 aromatic carbocycles. The number of carbonyl (C=O) groups excluding carboxylic acids is 2. The van der Waals surface area contributed by atoms with Crippen LogP contribution in [0.4, 0.5) is 5.69 Å². The van der Waals surface area contributed by atoms with Crippen LogP contribution in [0.5, 0.6) is 0 Å². The SMILES string of the molecule is CC(=O)Nc1cccc(C(=O)N2CCCC2/C=C/c2ccccc2)c1C. The summed E-state index contributed by atoms with van der Waals surface area (Å²) in [6.07, 6.45) is 6.17. The molecule has 0 aromatic heterocycles. The van der Waals surface area contributed by atoms with Crippen molar-refractivity contribution in [3.8, 4) is 0 Å². The molecule has 0 aliphatic carbocycles. The molecule has 4 heteroatoms. The van der Waals surface area contributed by atoms with E-state index in [9.17, 15) is 9.59 Å². The lowest BCUT2D eigenvalue weighted by Crippen LogP contribution is -2.34. The van der Waals surface area contributed by atoms with Crippen molar-refractivity contribution in [3.63, 3.8) is 0 Å². The van der Waals surface area contributed by atoms with Gasteiger partial charge in [0.1, 0.15) is 0 Å². The topological polar surface area (TPSA) is 49.4 Å². The Kier molecular flexibility index (Phi) is 5.52. The molecule has 26 heavy (non-hydrogen) atoms. The standard InChI is InChI=1S/C22H24N2O2/c1-16-20(11-6-12-21(16)23-17(2)25)22(26)24-15-7-10-19(24)14-13-18-8-4-3-5-9-18/h3-6,8-9,11-14,19H,7,10,15H2,1-2H3,(H,23,25)/b14-13+. The van der Waals surface area contributed by atoms with E-state index >= 15 is 0 Å². The normalized spacial score (nSPS) is 16.8. The Balaban J connectivity index is 1.80. The zero-order chi connectivity index (χ0) is 18.5. The minimum absolute atomic E-state index is 0.0231. The molecule has 1 N–H and O–H groups in total. The predicted octanol–water partition coefficient (Wildman–Crippen LogP) is 4.27. The maximum absolute atomic E-state index is 13.1. The summed E-state index contributed by atoms with van der Waals surface area (Å²) in [7, 11) is 0. The third-order valence-electron chi connectivity index (χ3n) is 4.75. The monoisotopic (exact) mass is 348 g/mol. The fourth-order valence-corrected chi connectivity index (χ4v) is 3.38. The second kappa shape index (κ2) is 8.00. The first kappa shape index (κ1) is 17.9. The lowest BCUT2D eigenvalue weighted by molar-refractivity contribution is -0.114. The number of benzene rings is 2. The first-order valence-electron chi connectivity index (χ1n) is 8.97. The van der Waals surface area contributed by atoms with E-state index in [0.29, 0.717) is 11.3 Å². The van der Waals surface area contributed by atoms with E-state index in [2.05, 4.69) is 29.6 Å². The van der Waals surface area contributed by atoms with Crippen LogP contribution in [0.15, 0.2) is 54.6 Å². The van der Waals surface area contributed by atoms with E-state index in [1.165, 1.54) is 6.92 Å². The van der Waals surface area contributed by atoms with Gasteiger partial charge in [0.2, 0.25) is 5.91 Å². The summed E-state index contributed by atoms with van der Waals surface area (Å²) >= 11 is 0. The molecule has 0 spiro atoms. The molecule has 3 rings (SSSR count). The van der Waals surface area contributed by atoms with Crippen LogP contribution in [-0.4, -0.2) is 29.3 Å². The van der Waals surface area contributed by atoms with Crippen LogP contribution < -0.4 is 5.32 Å². The van der Waals surface area contributed by atoms with E-state index < -0.39 is 0 Å². The Morgan fingerprint density at radius 1 is 1.12 bits per heavy atom. The lowest BCUT2D eigenvalue weighted by Gasteiger charge is -2.24. The summed E-state index contributed by atoms with van der Waals surface area (Å²) in [6, 6.07) is 15.7. The van der Waals surface area contributed by atoms with Crippen LogP contribution in [0.1, 0.15) is 41.3 Å². The van der Waals surface area contributed by atoms with Crippen LogP contribution in [0.25, 0.3) is 6.08 Å². The number of nitrogens with zero attached hydrogens (tertiary/aromatic N) is 1. The Labute approximate surface area is 154 Å². The molecule has 1 saturated heterocycles. The van der Waals surface area contributed by atoms with Crippen LogP contribution in [0.3, 0.4) is 0 Å². The van der Waals surface area contributed by atoms with Crippen LogP contribution >= 0.6 is 0 Å². The van der Waals surface area contributed by atoms with Crippen molar-refractivity contribution < 1.29 is 9.59 Å². The molecule has 1 aliphatic heterocycles. The van der Waals surface area contributed by atoms with Gasteiger partial charge in [-0.3, -0.25) is 9.59 Å². The minimum Gasteiger partial charge on any atom is -0.332 e. The highest BCUT2D eigenvalue weighted by Gasteiger charge is 2.28. The molecule has 134 valence electrons. The van der Waals surface area contributed by atoms with Gasteiger partial charge >= 0.3 is 0 Å². The average molecular weight is 348 g/mol. The summed E-state index contributed by atoms with van der Waals surface area (Å²) < 4.78 is 0. The summed E-state index contributed by atoms with van der Waals surface area (Å²) in [6.45, 7) is 4.11. The van der Waals surface area contributed by atoms with Gasteiger partial charge in [0.05, 0.1) is 6.04 Å². The van der Waals surface area contributed by atoms with Crippen molar-refractivity contribution in [2.45, 2.75) is 32.7 Å². The van der Waals surface area contributed by atoms with Gasteiger partial charge in [-0.1, -0.05) is 48.6 Å². The number of amides is 2. The van der Waals surface area contributed by atoms with Gasteiger partial charge in [0.15, 0.2) is 0 Å². The Bertz CT molecular complexity index is 827. The van der Waals surface area contributed by atoms with Gasteiger partial charge < -0.3 is 10.2 Å². The first-order chi connectivity index (χ1) is 12.6. The van der Waals surface area contributed by atoms with E-state index in [4.69, 9.17) is 0 Å². The molecule has 1 fully saturated rings. The summed E-state index contributed by atoms with van der Waals surface area (Å²) in [5, 5.41) is 2.79. The van der Waals surface area contributed by atoms with E-state index in [0.717, 1.165) is 30.5 Å². The number of nitrogens with one attached hydrogen (secondary N) is 1. The van der Waals surface area contributed by atoms with Crippen molar-refractivity contribution in [1.82, 2.24) is 4.90 Å². The van der Waals surface area contributed by atoms with Crippen LogP contribution in [0.2, 0.25) is 0 Å². The van der Waals surface area contributed by atoms with E-state index in [-0.39, 0.29) is 17.9 Å². The van der Waals surface area contributed by atoms with Gasteiger partial charge in [-0.15, -0.1) is 0 Å². The number of rotatable bonds is 4. The number of likely N-dealkylation sites (tertiary alicyclic amines) is 1. The lowest BCUT2D eigenvalue weighted by atomic mass is 10.0. The van der Waals surface area contributed by atoms with Crippen molar-refractivity contribution in [2.24, 2.45) is 0 Å². The van der Waals surface area contributed by atoms with Crippen molar-refractivity contribution in [3.05, 3.63) is 71.3 Å². The number of hydrogen-bond donors (Lipinski definition) is 1. The maximum Gasteiger partial charge on any atom is 0.254 e. The molecule has 1 aliphatic rings. The predicted molar refractivity (Wildman–Crippen MR) is 105 cm³/mol. The smallest absolute Gasteiger partial charge is 0.254 e. The van der Waals surface area contributed by atoms with Crippen molar-refractivity contribution in [2.75, 3.05) is 11.9 Å². The fourth-order valence-electron chi connectivity index (χ4n) is 3.38. The van der Waals surface area contributed by atoms with Gasteiger partial charge in [-0.05, 0) is 43.0 Å². The zero-order valence-corrected chi connectivity index (χ0v) is 15.2. The number of anilines is 1. The highest BCUT2D eigenvalue weighted by Crippen LogP contribution is 2.26. The molecule has 1 atom stereocenters. The fraction of sp³-hybridized carbons (Fsp3) is 0.273. The largest absolute Gasteiger partial charge is 0.332 e. The molecule has 1 unspecified atom stereocenters. The molecule has 2 aromatic rings. The van der Waals surface area contributed by atoms with Crippen LogP contribution in [-0.2, 0) is 4.79 Å². The molecule has 4 nitrogen and oxygen atoms in total.